The van der Waals surface area contributed by atoms with E-state index in [1.165, 1.54) is 0 Å². The normalized spacial score (nSPS) is 17.4. The lowest BCUT2D eigenvalue weighted by atomic mass is 10.0. The van der Waals surface area contributed by atoms with Crippen molar-refractivity contribution in [3.8, 4) is 0 Å². The van der Waals surface area contributed by atoms with Gasteiger partial charge in [0.25, 0.3) is 0 Å². The van der Waals surface area contributed by atoms with Crippen LogP contribution in [0.3, 0.4) is 0 Å². The molecule has 0 bridgehead atoms. The summed E-state index contributed by atoms with van der Waals surface area (Å²) in [7, 11) is 0. The van der Waals surface area contributed by atoms with Gasteiger partial charge >= 0.3 is 0 Å². The zero-order valence-electron chi connectivity index (χ0n) is 7.63. The van der Waals surface area contributed by atoms with Crippen LogP contribution in [0.1, 0.15) is 0 Å². The van der Waals surface area contributed by atoms with Crippen molar-refractivity contribution in [2.45, 2.75) is 24.4 Å². The molecule has 0 heterocycles. The van der Waals surface area contributed by atoms with Gasteiger partial charge in [-0.15, -0.1) is 5.53 Å². The molecule has 0 aromatic carbocycles. The van der Waals surface area contributed by atoms with Gasteiger partial charge in [0.1, 0.15) is 24.4 Å². The highest BCUT2D eigenvalue weighted by Crippen LogP contribution is 2.02. The number of aldehydes is 1. The second-order valence-corrected chi connectivity index (χ2v) is 2.46. The second kappa shape index (κ2) is 9.34. The van der Waals surface area contributed by atoms with E-state index in [4.69, 9.17) is 36.6 Å². The Hall–Kier alpha value is -1.22. The highest BCUT2D eigenvalue weighted by Gasteiger charge is 2.29. The number of carbonyl (C=O) groups is 1. The smallest absolute Gasteiger partial charge is 0.151 e. The molecule has 0 aliphatic carbocycles. The van der Waals surface area contributed by atoms with Crippen molar-refractivity contribution in [3.05, 3.63) is 10.4 Å². The van der Waals surface area contributed by atoms with Crippen LogP contribution in [0.2, 0.25) is 0 Å². The molecular formula is C6H13N3O6. The Bertz CT molecular complexity index is 207. The summed E-state index contributed by atoms with van der Waals surface area (Å²) in [5.41, 5.74) is 12.2. The monoisotopic (exact) mass is 223 g/mol. The van der Waals surface area contributed by atoms with Crippen molar-refractivity contribution in [1.82, 2.24) is 0 Å². The number of aliphatic hydroxyl groups excluding tert-OH is 5. The fourth-order valence-corrected chi connectivity index (χ4v) is 0.618. The lowest BCUT2D eigenvalue weighted by molar-refractivity contribution is -0.136. The van der Waals surface area contributed by atoms with Gasteiger partial charge in [-0.3, -0.25) is 0 Å². The highest BCUT2D eigenvalue weighted by atomic mass is 16.4. The summed E-state index contributed by atoms with van der Waals surface area (Å²) in [6, 6.07) is 0. The lowest BCUT2D eigenvalue weighted by Crippen LogP contribution is -2.46. The maximum absolute atomic E-state index is 9.90. The first-order valence-corrected chi connectivity index (χ1v) is 3.75. The van der Waals surface area contributed by atoms with E-state index < -0.39 is 31.0 Å². The molecule has 0 fully saturated rings. The van der Waals surface area contributed by atoms with Gasteiger partial charge in [0.15, 0.2) is 6.29 Å². The Labute approximate surface area is 84.6 Å². The molecule has 6 N–H and O–H groups in total. The number of carbonyl (C=O) groups excluding carboxylic acids is 1. The van der Waals surface area contributed by atoms with E-state index in [2.05, 4.69) is 0 Å². The van der Waals surface area contributed by atoms with Crippen molar-refractivity contribution < 1.29 is 30.3 Å². The second-order valence-electron chi connectivity index (χ2n) is 2.46. The average Bonchev–Trinajstić information content (AvgIpc) is 2.25. The summed E-state index contributed by atoms with van der Waals surface area (Å²) in [5.74, 6) is 0. The first kappa shape index (κ1) is 16.2. The fourth-order valence-electron chi connectivity index (χ4n) is 0.618. The van der Waals surface area contributed by atoms with Crippen LogP contribution in [-0.4, -0.2) is 62.8 Å². The third kappa shape index (κ3) is 6.80. The summed E-state index contributed by atoms with van der Waals surface area (Å²) in [4.78, 5) is 11.6. The fraction of sp³-hybridized carbons (Fsp3) is 0.833. The standard InChI is InChI=1S/C6H12O6.HN3/c7-1-3(9)5(11)6(12)4(10)2-8;1-3-2/h1,3-6,8-12H,2H2;1H/t3-,4+,5+,6+;/m0./s1. The van der Waals surface area contributed by atoms with E-state index in [0.29, 0.717) is 0 Å². The number of nitrogens with zero attached hydrogens (tertiary/aromatic N) is 2. The first-order chi connectivity index (χ1) is 6.95. The van der Waals surface area contributed by atoms with E-state index in [1.807, 2.05) is 0 Å². The average molecular weight is 223 g/mol. The minimum Gasteiger partial charge on any atom is -0.394 e. The summed E-state index contributed by atoms with van der Waals surface area (Å²) in [5, 5.41) is 43.5. The largest absolute Gasteiger partial charge is 0.394 e. The van der Waals surface area contributed by atoms with Gasteiger partial charge < -0.3 is 30.3 Å². The number of aliphatic hydroxyl groups is 5. The predicted octanol–water partition coefficient (Wildman–Crippen LogP) is -2.50. The van der Waals surface area contributed by atoms with E-state index in [9.17, 15) is 4.79 Å². The van der Waals surface area contributed by atoms with Crippen LogP contribution in [0.25, 0.3) is 10.4 Å². The Balaban J connectivity index is 0. The van der Waals surface area contributed by atoms with Crippen LogP contribution in [0.15, 0.2) is 0 Å². The molecule has 0 spiro atoms. The predicted molar refractivity (Wildman–Crippen MR) is 46.6 cm³/mol. The molecule has 9 heteroatoms. The molecule has 0 saturated carbocycles. The summed E-state index contributed by atoms with van der Waals surface area (Å²) >= 11 is 0. The minimum absolute atomic E-state index is 0.0258. The number of nitrogens with one attached hydrogen (secondary N) is 1. The van der Waals surface area contributed by atoms with Crippen molar-refractivity contribution in [1.29, 1.82) is 5.53 Å². The van der Waals surface area contributed by atoms with Gasteiger partial charge in [-0.2, -0.15) is 0 Å². The summed E-state index contributed by atoms with van der Waals surface area (Å²) < 4.78 is 0. The Morgan fingerprint density at radius 3 is 1.93 bits per heavy atom. The van der Waals surface area contributed by atoms with Crippen molar-refractivity contribution in [3.63, 3.8) is 0 Å². The molecule has 9 nitrogen and oxygen atoms in total. The third-order valence-corrected chi connectivity index (χ3v) is 1.42. The van der Waals surface area contributed by atoms with Gasteiger partial charge in [0.2, 0.25) is 0 Å². The van der Waals surface area contributed by atoms with E-state index in [1.54, 1.807) is 4.91 Å². The van der Waals surface area contributed by atoms with Crippen LogP contribution >= 0.6 is 0 Å². The summed E-state index contributed by atoms with van der Waals surface area (Å²) in [6.07, 6.45) is -6.84. The van der Waals surface area contributed by atoms with Gasteiger partial charge in [0, 0.05) is 0 Å². The Morgan fingerprint density at radius 2 is 1.67 bits per heavy atom. The molecule has 0 aromatic heterocycles. The zero-order valence-corrected chi connectivity index (χ0v) is 7.63. The van der Waals surface area contributed by atoms with Crippen LogP contribution < -0.4 is 0 Å². The maximum Gasteiger partial charge on any atom is 0.151 e. The number of rotatable bonds is 5. The lowest BCUT2D eigenvalue weighted by Gasteiger charge is -2.22. The number of hydrogen-bond donors (Lipinski definition) is 6. The summed E-state index contributed by atoms with van der Waals surface area (Å²) in [6.45, 7) is -0.760. The van der Waals surface area contributed by atoms with E-state index in [0.717, 1.165) is 0 Å². The minimum atomic E-state index is -1.79. The van der Waals surface area contributed by atoms with Gasteiger partial charge in [-0.25, -0.2) is 0 Å². The molecule has 4 atom stereocenters. The van der Waals surface area contributed by atoms with E-state index in [-0.39, 0.29) is 6.29 Å². The SMILES string of the molecule is O=C[C@H](O)[C@@H](O)[C@H](O)[C@H](O)CO.[N-]=[N+]=N. The molecule has 15 heavy (non-hydrogen) atoms. The van der Waals surface area contributed by atoms with Crippen molar-refractivity contribution >= 4 is 6.29 Å². The maximum atomic E-state index is 9.90. The van der Waals surface area contributed by atoms with Crippen LogP contribution in [0, 0.1) is 5.53 Å². The molecule has 0 aliphatic rings. The molecule has 0 aliphatic heterocycles. The van der Waals surface area contributed by atoms with Gasteiger partial charge in [-0.05, 0) is 10.4 Å². The Morgan fingerprint density at radius 1 is 1.27 bits per heavy atom. The number of hydrogen-bond acceptors (Lipinski definition) is 7. The molecule has 0 aromatic rings. The third-order valence-electron chi connectivity index (χ3n) is 1.42. The quantitative estimate of drug-likeness (QED) is 0.130. The molecule has 0 unspecified atom stereocenters. The van der Waals surface area contributed by atoms with Crippen molar-refractivity contribution in [2.24, 2.45) is 0 Å². The zero-order chi connectivity index (χ0) is 12.4. The molecule has 88 valence electrons. The molecule has 0 amide bonds. The Kier molecular flexibility index (Phi) is 10.1. The highest BCUT2D eigenvalue weighted by molar-refractivity contribution is 5.56. The molecule has 0 radical (unpaired) electrons. The van der Waals surface area contributed by atoms with E-state index >= 15 is 0 Å². The van der Waals surface area contributed by atoms with Gasteiger partial charge in [-0.1, -0.05) is 0 Å². The molecule has 0 saturated heterocycles. The van der Waals surface area contributed by atoms with Crippen LogP contribution in [-0.2, 0) is 4.79 Å². The van der Waals surface area contributed by atoms with Crippen LogP contribution in [0.4, 0.5) is 0 Å². The topological polar surface area (TPSA) is 178 Å². The van der Waals surface area contributed by atoms with Crippen molar-refractivity contribution in [2.75, 3.05) is 6.61 Å². The molecule has 0 rings (SSSR count). The van der Waals surface area contributed by atoms with Gasteiger partial charge in [0.05, 0.1) is 6.61 Å². The van der Waals surface area contributed by atoms with Crippen LogP contribution in [0.5, 0.6) is 0 Å². The molecular weight excluding hydrogens is 210 g/mol. The first-order valence-electron chi connectivity index (χ1n) is 3.75.